The van der Waals surface area contributed by atoms with Gasteiger partial charge in [0.1, 0.15) is 12.0 Å². The van der Waals surface area contributed by atoms with Crippen molar-refractivity contribution < 1.29 is 18.7 Å². The van der Waals surface area contributed by atoms with Crippen LogP contribution in [0.5, 0.6) is 0 Å². The number of piperidine rings is 1. The van der Waals surface area contributed by atoms with Gasteiger partial charge in [-0.2, -0.15) is 0 Å². The number of fused-ring (bicyclic) bond motifs is 1. The number of benzene rings is 1. The number of carbonyl (C=O) groups excluding carboxylic acids is 1. The molecule has 4 aliphatic rings. The van der Waals surface area contributed by atoms with Crippen molar-refractivity contribution >= 4 is 22.5 Å². The molecule has 1 amide bonds. The van der Waals surface area contributed by atoms with Gasteiger partial charge in [0.15, 0.2) is 0 Å². The van der Waals surface area contributed by atoms with Gasteiger partial charge in [0.25, 0.3) is 0 Å². The topological polar surface area (TPSA) is 63.7 Å². The van der Waals surface area contributed by atoms with Gasteiger partial charge in [-0.05, 0) is 87.2 Å². The van der Waals surface area contributed by atoms with Crippen LogP contribution >= 0.6 is 0 Å². The SMILES string of the molecule is Cc1cc2cnc(NC(=O)[C@@H]3C[C@@]34CCOC4)cc2cc1C1CCN([C@@]2(C)COC[C@H]2F)CC1. The van der Waals surface area contributed by atoms with E-state index in [0.717, 1.165) is 56.2 Å². The summed E-state index contributed by atoms with van der Waals surface area (Å²) in [6.07, 6.45) is 4.86. The number of rotatable bonds is 4. The van der Waals surface area contributed by atoms with Crippen LogP contribution in [-0.4, -0.2) is 67.0 Å². The van der Waals surface area contributed by atoms with Crippen LogP contribution in [0.1, 0.15) is 49.7 Å². The van der Waals surface area contributed by atoms with Crippen LogP contribution in [0.3, 0.4) is 0 Å². The normalized spacial score (nSPS) is 34.2. The molecule has 2 aromatic rings. The number of carbonyl (C=O) groups is 1. The van der Waals surface area contributed by atoms with Crippen molar-refractivity contribution in [3.63, 3.8) is 0 Å². The minimum Gasteiger partial charge on any atom is -0.381 e. The van der Waals surface area contributed by atoms with Crippen LogP contribution in [0.2, 0.25) is 0 Å². The Morgan fingerprint density at radius 2 is 2.00 bits per heavy atom. The van der Waals surface area contributed by atoms with Crippen molar-refractivity contribution in [2.24, 2.45) is 11.3 Å². The second kappa shape index (κ2) is 8.25. The fourth-order valence-electron chi connectivity index (χ4n) is 6.45. The van der Waals surface area contributed by atoms with E-state index in [1.807, 2.05) is 19.2 Å². The van der Waals surface area contributed by atoms with Crippen molar-refractivity contribution in [3.8, 4) is 0 Å². The minimum atomic E-state index is -0.917. The first-order valence-corrected chi connectivity index (χ1v) is 12.6. The number of hydrogen-bond donors (Lipinski definition) is 1. The summed E-state index contributed by atoms with van der Waals surface area (Å²) in [6.45, 7) is 8.08. The lowest BCUT2D eigenvalue weighted by molar-refractivity contribution is -0.118. The third kappa shape index (κ3) is 3.73. The van der Waals surface area contributed by atoms with Crippen molar-refractivity contribution in [1.82, 2.24) is 9.88 Å². The lowest BCUT2D eigenvalue weighted by Crippen LogP contribution is -2.55. The molecule has 0 unspecified atom stereocenters. The van der Waals surface area contributed by atoms with E-state index in [-0.39, 0.29) is 23.8 Å². The molecule has 1 aromatic carbocycles. The molecule has 4 heterocycles. The Kier molecular flexibility index (Phi) is 5.43. The molecular weight excluding hydrogens is 433 g/mol. The summed E-state index contributed by atoms with van der Waals surface area (Å²) in [5.74, 6) is 1.17. The number of nitrogens with one attached hydrogen (secondary N) is 1. The summed E-state index contributed by atoms with van der Waals surface area (Å²) >= 11 is 0. The van der Waals surface area contributed by atoms with Gasteiger partial charge in [0.05, 0.1) is 25.4 Å². The summed E-state index contributed by atoms with van der Waals surface area (Å²) in [7, 11) is 0. The summed E-state index contributed by atoms with van der Waals surface area (Å²) < 4.78 is 25.4. The first-order chi connectivity index (χ1) is 16.4. The van der Waals surface area contributed by atoms with Gasteiger partial charge in [0.2, 0.25) is 5.91 Å². The Balaban J connectivity index is 1.16. The van der Waals surface area contributed by atoms with Crippen LogP contribution in [0, 0.1) is 18.3 Å². The minimum absolute atomic E-state index is 0.0438. The van der Waals surface area contributed by atoms with Gasteiger partial charge in [-0.1, -0.05) is 6.07 Å². The number of amides is 1. The molecule has 0 radical (unpaired) electrons. The van der Waals surface area contributed by atoms with Crippen molar-refractivity contribution in [2.45, 2.75) is 57.2 Å². The molecule has 182 valence electrons. The van der Waals surface area contributed by atoms with Crippen LogP contribution < -0.4 is 5.32 Å². The van der Waals surface area contributed by atoms with E-state index in [1.165, 1.54) is 11.1 Å². The number of pyridine rings is 1. The highest BCUT2D eigenvalue weighted by atomic mass is 19.1. The lowest BCUT2D eigenvalue weighted by atomic mass is 9.83. The average Bonchev–Trinajstić information content (AvgIpc) is 3.14. The summed E-state index contributed by atoms with van der Waals surface area (Å²) in [5, 5.41) is 5.23. The summed E-state index contributed by atoms with van der Waals surface area (Å²) in [4.78, 5) is 19.6. The number of anilines is 1. The predicted octanol–water partition coefficient (Wildman–Crippen LogP) is 4.21. The zero-order valence-corrected chi connectivity index (χ0v) is 20.1. The number of nitrogens with zero attached hydrogens (tertiary/aromatic N) is 2. The number of halogens is 1. The van der Waals surface area contributed by atoms with Gasteiger partial charge in [-0.25, -0.2) is 9.37 Å². The van der Waals surface area contributed by atoms with Gasteiger partial charge in [0, 0.05) is 29.5 Å². The molecule has 34 heavy (non-hydrogen) atoms. The monoisotopic (exact) mass is 467 g/mol. The molecule has 1 aromatic heterocycles. The van der Waals surface area contributed by atoms with E-state index in [2.05, 4.69) is 34.3 Å². The Hall–Kier alpha value is -2.09. The van der Waals surface area contributed by atoms with E-state index in [1.54, 1.807) is 0 Å². The first kappa shape index (κ1) is 22.4. The molecule has 1 saturated carbocycles. The van der Waals surface area contributed by atoms with Crippen LogP contribution in [0.15, 0.2) is 24.4 Å². The Morgan fingerprint density at radius 1 is 1.18 bits per heavy atom. The van der Waals surface area contributed by atoms with Crippen molar-refractivity contribution in [1.29, 1.82) is 0 Å². The highest BCUT2D eigenvalue weighted by Crippen LogP contribution is 2.58. The standard InChI is InChI=1S/C27H34FN3O3/c1-17-9-20-13-29-24(30-25(32)22-12-27(22)5-8-33-16-27)11-19(20)10-21(17)18-3-6-31(7-4-18)26(2)15-34-14-23(26)28/h9-11,13,18,22-23H,3-8,12,14-16H2,1-2H3,(H,29,30,32)/t22-,23+,26-,27+/m0/s1. The molecule has 7 heteroatoms. The summed E-state index contributed by atoms with van der Waals surface area (Å²) in [6, 6.07) is 6.46. The number of aryl methyl sites for hydroxylation is 1. The zero-order valence-electron chi connectivity index (χ0n) is 20.1. The highest BCUT2D eigenvalue weighted by Gasteiger charge is 2.59. The number of likely N-dealkylation sites (tertiary alicyclic amines) is 1. The molecule has 3 aliphatic heterocycles. The van der Waals surface area contributed by atoms with E-state index >= 15 is 0 Å². The first-order valence-electron chi connectivity index (χ1n) is 12.6. The Labute approximate surface area is 200 Å². The van der Waals surface area contributed by atoms with E-state index < -0.39 is 11.7 Å². The third-order valence-electron chi connectivity index (χ3n) is 8.99. The largest absolute Gasteiger partial charge is 0.381 e. The molecule has 6 rings (SSSR count). The summed E-state index contributed by atoms with van der Waals surface area (Å²) in [5.41, 5.74) is 2.20. The maximum Gasteiger partial charge on any atom is 0.229 e. The maximum absolute atomic E-state index is 14.5. The second-order valence-corrected chi connectivity index (χ2v) is 11.1. The smallest absolute Gasteiger partial charge is 0.229 e. The van der Waals surface area contributed by atoms with Gasteiger partial charge < -0.3 is 14.8 Å². The van der Waals surface area contributed by atoms with Crippen molar-refractivity contribution in [2.75, 3.05) is 44.8 Å². The second-order valence-electron chi connectivity index (χ2n) is 11.1. The molecule has 4 fully saturated rings. The molecule has 1 N–H and O–H groups in total. The third-order valence-corrected chi connectivity index (χ3v) is 8.99. The Bertz CT molecular complexity index is 1110. The van der Waals surface area contributed by atoms with E-state index in [9.17, 15) is 9.18 Å². The molecule has 3 saturated heterocycles. The molecule has 6 nitrogen and oxygen atoms in total. The number of aromatic nitrogens is 1. The molecular formula is C27H34FN3O3. The molecule has 1 spiro atoms. The van der Waals surface area contributed by atoms with Crippen molar-refractivity contribution in [3.05, 3.63) is 35.5 Å². The van der Waals surface area contributed by atoms with Crippen LogP contribution in [0.25, 0.3) is 10.8 Å². The quantitative estimate of drug-likeness (QED) is 0.730. The lowest BCUT2D eigenvalue weighted by Gasteiger charge is -2.43. The maximum atomic E-state index is 14.5. The number of ether oxygens (including phenoxy) is 2. The van der Waals surface area contributed by atoms with E-state index in [4.69, 9.17) is 9.47 Å². The van der Waals surface area contributed by atoms with Gasteiger partial charge >= 0.3 is 0 Å². The molecule has 1 aliphatic carbocycles. The van der Waals surface area contributed by atoms with Gasteiger partial charge in [-0.15, -0.1) is 0 Å². The molecule has 0 bridgehead atoms. The zero-order chi connectivity index (χ0) is 23.5. The Morgan fingerprint density at radius 3 is 2.71 bits per heavy atom. The molecule has 4 atom stereocenters. The van der Waals surface area contributed by atoms with Crippen LogP contribution in [0.4, 0.5) is 10.2 Å². The highest BCUT2D eigenvalue weighted by molar-refractivity contribution is 5.96. The average molecular weight is 468 g/mol. The number of hydrogen-bond acceptors (Lipinski definition) is 5. The van der Waals surface area contributed by atoms with E-state index in [0.29, 0.717) is 24.9 Å². The fourth-order valence-corrected chi connectivity index (χ4v) is 6.45. The van der Waals surface area contributed by atoms with Crippen LogP contribution in [-0.2, 0) is 14.3 Å². The predicted molar refractivity (Wildman–Crippen MR) is 129 cm³/mol. The number of alkyl halides is 1. The fraction of sp³-hybridized carbons (Fsp3) is 0.630. The van der Waals surface area contributed by atoms with Gasteiger partial charge in [-0.3, -0.25) is 9.69 Å².